The summed E-state index contributed by atoms with van der Waals surface area (Å²) in [6, 6.07) is 14.8. The first kappa shape index (κ1) is 18.4. The first-order valence-electron chi connectivity index (χ1n) is 9.12. The van der Waals surface area contributed by atoms with E-state index in [1.54, 1.807) is 24.3 Å². The van der Waals surface area contributed by atoms with Crippen molar-refractivity contribution in [2.24, 2.45) is 0 Å². The van der Waals surface area contributed by atoms with Crippen LogP contribution in [0.15, 0.2) is 58.2 Å². The van der Waals surface area contributed by atoms with Crippen molar-refractivity contribution >= 4 is 23.6 Å². The van der Waals surface area contributed by atoms with Gasteiger partial charge in [-0.3, -0.25) is 14.5 Å². The lowest BCUT2D eigenvalue weighted by Crippen LogP contribution is -2.30. The zero-order chi connectivity index (χ0) is 19.5. The molecule has 28 heavy (non-hydrogen) atoms. The van der Waals surface area contributed by atoms with E-state index < -0.39 is 0 Å². The standard InChI is InChI=1S/C21H19N3O3S/c1-14-8-2-3-9-15(14)18-22-23-21(27-18)28-13-7-6-12-24-19(25)16-10-4-5-11-17(16)20(24)26/h2-5,8-11H,6-7,12-13H2,1H3. The van der Waals surface area contributed by atoms with Crippen molar-refractivity contribution in [3.63, 3.8) is 0 Å². The Bertz CT molecular complexity index is 996. The summed E-state index contributed by atoms with van der Waals surface area (Å²) in [6.07, 6.45) is 1.57. The van der Waals surface area contributed by atoms with Crippen LogP contribution < -0.4 is 0 Å². The second-order valence-electron chi connectivity index (χ2n) is 6.55. The summed E-state index contributed by atoms with van der Waals surface area (Å²) in [5, 5.41) is 8.73. The molecule has 3 aromatic rings. The molecule has 0 bridgehead atoms. The fourth-order valence-electron chi connectivity index (χ4n) is 3.16. The monoisotopic (exact) mass is 393 g/mol. The largest absolute Gasteiger partial charge is 0.411 e. The fourth-order valence-corrected chi connectivity index (χ4v) is 3.92. The third kappa shape index (κ3) is 3.57. The molecule has 1 aromatic heterocycles. The summed E-state index contributed by atoms with van der Waals surface area (Å²) in [5.74, 6) is 0.895. The molecule has 0 spiro atoms. The van der Waals surface area contributed by atoms with Crippen LogP contribution in [0.4, 0.5) is 0 Å². The van der Waals surface area contributed by atoms with Crippen molar-refractivity contribution in [2.75, 3.05) is 12.3 Å². The highest BCUT2D eigenvalue weighted by atomic mass is 32.2. The average molecular weight is 393 g/mol. The zero-order valence-corrected chi connectivity index (χ0v) is 16.2. The Morgan fingerprint density at radius 1 is 0.893 bits per heavy atom. The third-order valence-corrected chi connectivity index (χ3v) is 5.57. The van der Waals surface area contributed by atoms with E-state index in [1.165, 1.54) is 16.7 Å². The molecule has 6 nitrogen and oxygen atoms in total. The van der Waals surface area contributed by atoms with Crippen LogP contribution in [0, 0.1) is 6.92 Å². The molecule has 2 amide bonds. The Hall–Kier alpha value is -2.93. The van der Waals surface area contributed by atoms with Crippen molar-refractivity contribution in [2.45, 2.75) is 25.0 Å². The maximum absolute atomic E-state index is 12.3. The van der Waals surface area contributed by atoms with Crippen LogP contribution in [0.3, 0.4) is 0 Å². The molecule has 0 fully saturated rings. The van der Waals surface area contributed by atoms with Crippen LogP contribution >= 0.6 is 11.8 Å². The predicted molar refractivity (Wildman–Crippen MR) is 106 cm³/mol. The van der Waals surface area contributed by atoms with E-state index in [0.717, 1.165) is 29.7 Å². The predicted octanol–water partition coefficient (Wildman–Crippen LogP) is 4.21. The van der Waals surface area contributed by atoms with E-state index in [9.17, 15) is 9.59 Å². The van der Waals surface area contributed by atoms with Gasteiger partial charge in [0.15, 0.2) is 0 Å². The van der Waals surface area contributed by atoms with Gasteiger partial charge in [-0.1, -0.05) is 42.1 Å². The van der Waals surface area contributed by atoms with Gasteiger partial charge in [-0.05, 0) is 43.5 Å². The maximum Gasteiger partial charge on any atom is 0.276 e. The molecule has 7 heteroatoms. The maximum atomic E-state index is 12.3. The molecule has 2 aromatic carbocycles. The summed E-state index contributed by atoms with van der Waals surface area (Å²) < 4.78 is 5.73. The minimum atomic E-state index is -0.201. The van der Waals surface area contributed by atoms with E-state index in [1.807, 2.05) is 31.2 Å². The van der Waals surface area contributed by atoms with Crippen molar-refractivity contribution in [3.05, 3.63) is 65.2 Å². The molecule has 0 unspecified atom stereocenters. The number of unbranched alkanes of at least 4 members (excludes halogenated alkanes) is 1. The number of nitrogens with zero attached hydrogens (tertiary/aromatic N) is 3. The van der Waals surface area contributed by atoms with Crippen LogP contribution in [0.1, 0.15) is 39.1 Å². The van der Waals surface area contributed by atoms with Gasteiger partial charge in [-0.2, -0.15) is 0 Å². The van der Waals surface area contributed by atoms with E-state index in [-0.39, 0.29) is 11.8 Å². The van der Waals surface area contributed by atoms with Gasteiger partial charge < -0.3 is 4.42 Å². The van der Waals surface area contributed by atoms with Crippen LogP contribution in [-0.2, 0) is 0 Å². The Balaban J connectivity index is 1.26. The zero-order valence-electron chi connectivity index (χ0n) is 15.4. The first-order chi connectivity index (χ1) is 13.6. The van der Waals surface area contributed by atoms with E-state index in [0.29, 0.717) is 28.8 Å². The summed E-state index contributed by atoms with van der Waals surface area (Å²) >= 11 is 1.48. The summed E-state index contributed by atoms with van der Waals surface area (Å²) in [5.41, 5.74) is 3.02. The number of rotatable bonds is 7. The smallest absolute Gasteiger partial charge is 0.276 e. The van der Waals surface area contributed by atoms with E-state index in [4.69, 9.17) is 4.42 Å². The van der Waals surface area contributed by atoms with Gasteiger partial charge in [0.1, 0.15) is 0 Å². The minimum Gasteiger partial charge on any atom is -0.411 e. The lowest BCUT2D eigenvalue weighted by Gasteiger charge is -2.13. The Morgan fingerprint density at radius 3 is 2.21 bits per heavy atom. The van der Waals surface area contributed by atoms with Crippen molar-refractivity contribution < 1.29 is 14.0 Å². The Morgan fingerprint density at radius 2 is 1.54 bits per heavy atom. The number of carbonyl (C=O) groups is 2. The highest BCUT2D eigenvalue weighted by molar-refractivity contribution is 7.99. The van der Waals surface area contributed by atoms with Gasteiger partial charge in [-0.15, -0.1) is 10.2 Å². The summed E-state index contributed by atoms with van der Waals surface area (Å²) in [7, 11) is 0. The number of amides is 2. The highest BCUT2D eigenvalue weighted by Gasteiger charge is 2.34. The van der Waals surface area contributed by atoms with Crippen LogP contribution in [0.2, 0.25) is 0 Å². The van der Waals surface area contributed by atoms with Crippen molar-refractivity contribution in [3.8, 4) is 11.5 Å². The Labute approximate surface area is 167 Å². The molecular formula is C21H19N3O3S. The van der Waals surface area contributed by atoms with Crippen LogP contribution in [0.25, 0.3) is 11.5 Å². The molecule has 2 heterocycles. The van der Waals surface area contributed by atoms with Gasteiger partial charge in [-0.25, -0.2) is 0 Å². The molecule has 0 saturated heterocycles. The number of benzene rings is 2. The second-order valence-corrected chi connectivity index (χ2v) is 7.60. The fraction of sp³-hybridized carbons (Fsp3) is 0.238. The summed E-state index contributed by atoms with van der Waals surface area (Å²) in [4.78, 5) is 26.0. The molecular weight excluding hydrogens is 374 g/mol. The number of aryl methyl sites for hydroxylation is 1. The second kappa shape index (κ2) is 7.98. The van der Waals surface area contributed by atoms with Crippen LogP contribution in [0.5, 0.6) is 0 Å². The van der Waals surface area contributed by atoms with E-state index >= 15 is 0 Å². The van der Waals surface area contributed by atoms with Gasteiger partial charge in [0.2, 0.25) is 5.89 Å². The number of hydrogen-bond donors (Lipinski definition) is 0. The number of aromatic nitrogens is 2. The van der Waals surface area contributed by atoms with E-state index in [2.05, 4.69) is 10.2 Å². The molecule has 0 N–H and O–H groups in total. The third-order valence-electron chi connectivity index (χ3n) is 4.66. The van der Waals surface area contributed by atoms with Gasteiger partial charge in [0, 0.05) is 17.9 Å². The average Bonchev–Trinajstić information content (AvgIpc) is 3.27. The Kier molecular flexibility index (Phi) is 5.25. The molecule has 4 rings (SSSR count). The summed E-state index contributed by atoms with van der Waals surface area (Å²) in [6.45, 7) is 2.43. The quantitative estimate of drug-likeness (QED) is 0.340. The molecule has 0 radical (unpaired) electrons. The van der Waals surface area contributed by atoms with Crippen molar-refractivity contribution in [1.29, 1.82) is 0 Å². The minimum absolute atomic E-state index is 0.201. The van der Waals surface area contributed by atoms with Gasteiger partial charge in [0.05, 0.1) is 11.1 Å². The lowest BCUT2D eigenvalue weighted by molar-refractivity contribution is 0.0652. The molecule has 0 saturated carbocycles. The number of fused-ring (bicyclic) bond motifs is 1. The SMILES string of the molecule is Cc1ccccc1-c1nnc(SCCCCN2C(=O)c3ccccc3C2=O)o1. The number of hydrogen-bond acceptors (Lipinski definition) is 6. The molecule has 142 valence electrons. The molecule has 1 aliphatic rings. The lowest BCUT2D eigenvalue weighted by atomic mass is 10.1. The highest BCUT2D eigenvalue weighted by Crippen LogP contribution is 2.26. The molecule has 1 aliphatic heterocycles. The van der Waals surface area contributed by atoms with Crippen molar-refractivity contribution in [1.82, 2.24) is 15.1 Å². The van der Waals surface area contributed by atoms with Gasteiger partial charge >= 0.3 is 0 Å². The number of carbonyl (C=O) groups excluding carboxylic acids is 2. The molecule has 0 aliphatic carbocycles. The number of imide groups is 1. The topological polar surface area (TPSA) is 76.3 Å². The van der Waals surface area contributed by atoms with Gasteiger partial charge in [0.25, 0.3) is 17.0 Å². The van der Waals surface area contributed by atoms with Crippen LogP contribution in [-0.4, -0.2) is 39.2 Å². The first-order valence-corrected chi connectivity index (χ1v) is 10.1. The normalized spacial score (nSPS) is 13.2. The number of thioether (sulfide) groups is 1. The molecule has 0 atom stereocenters.